The molecule has 0 aromatic rings. The summed E-state index contributed by atoms with van der Waals surface area (Å²) in [5, 5.41) is 10.1. The average Bonchev–Trinajstić information content (AvgIpc) is 2.94. The molecule has 38 heteroatoms. The van der Waals surface area contributed by atoms with Gasteiger partial charge in [-0.1, -0.05) is 429 Å². The quantitative estimate of drug-likeness (QED) is 0.153. The first-order valence-electron chi connectivity index (χ1n) is 11.5. The highest BCUT2D eigenvalue weighted by Crippen LogP contribution is 2.79. The number of alkyl halides is 37. The Hall–Kier alpha value is 10.7. The second kappa shape index (κ2) is 19.5. The zero-order valence-corrected chi connectivity index (χ0v) is 51.4. The van der Waals surface area contributed by atoms with Crippen molar-refractivity contribution in [1.29, 1.82) is 0 Å². The maximum Gasteiger partial charge on any atom is 0.251 e. The molecule has 0 saturated heterocycles. The van der Waals surface area contributed by atoms with E-state index >= 15 is 0 Å². The minimum atomic E-state index is -3.73. The largest absolute Gasteiger partial charge is 0.360 e. The number of rotatable bonds is 16. The van der Waals surface area contributed by atoms with E-state index in [1.807, 2.05) is 0 Å². The first kappa shape index (κ1) is 66.7. The molecule has 0 aliphatic heterocycles. The molecule has 0 aliphatic carbocycles. The molecule has 338 valence electrons. The van der Waals surface area contributed by atoms with Crippen LogP contribution >= 0.6 is 429 Å². The molecule has 1 N–H and O–H groups in total. The number of halogens is 37. The Morgan fingerprint density at radius 3 is 0.321 bits per heavy atom. The van der Waals surface area contributed by atoms with Crippen LogP contribution in [0, 0.1) is 0 Å². The molecule has 0 aromatic carbocycles. The number of aliphatic hydroxyl groups is 1. The summed E-state index contributed by atoms with van der Waals surface area (Å²) in [7, 11) is 0. The molecular formula is C18HCl37O. The van der Waals surface area contributed by atoms with Gasteiger partial charge in [0.05, 0.1) is 0 Å². The monoisotopic (exact) mass is 1530 g/mol. The summed E-state index contributed by atoms with van der Waals surface area (Å²) in [6.07, 6.45) is 0. The first-order valence-corrected chi connectivity index (χ1v) is 25.5. The van der Waals surface area contributed by atoms with Gasteiger partial charge < -0.3 is 5.11 Å². The summed E-state index contributed by atoms with van der Waals surface area (Å²) in [5.41, 5.74) is 0. The molecule has 0 aromatic heterocycles. The first-order chi connectivity index (χ1) is 23.2. The Labute approximate surface area is 503 Å². The molecule has 0 spiro atoms. The molecule has 1 nitrogen and oxygen atoms in total. The zero-order chi connectivity index (χ0) is 47.0. The van der Waals surface area contributed by atoms with Gasteiger partial charge >= 0.3 is 0 Å². The third kappa shape index (κ3) is 9.79. The highest BCUT2D eigenvalue weighted by Gasteiger charge is 2.88. The molecular weight excluding hydrogens is 1540 g/mol. The van der Waals surface area contributed by atoms with Crippen molar-refractivity contribution < 1.29 is 5.11 Å². The summed E-state index contributed by atoms with van der Waals surface area (Å²) in [5.74, 6) is 0. The second-order valence-corrected chi connectivity index (χ2v) is 35.0. The van der Waals surface area contributed by atoms with Crippen LogP contribution < -0.4 is 0 Å². The van der Waals surface area contributed by atoms with Gasteiger partial charge in [-0.15, -0.1) is 0 Å². The predicted octanol–water partition coefficient (Wildman–Crippen LogP) is 21.3. The Bertz CT molecular complexity index is 1330. The Balaban J connectivity index is 7.85. The van der Waals surface area contributed by atoms with Gasteiger partial charge in [-0.2, -0.15) is 0 Å². The zero-order valence-electron chi connectivity index (χ0n) is 23.4. The van der Waals surface area contributed by atoms with Gasteiger partial charge in [-0.25, -0.2) is 0 Å². The van der Waals surface area contributed by atoms with Crippen LogP contribution in [0.15, 0.2) is 0 Å². The number of hydrogen-bond acceptors (Lipinski definition) is 1. The van der Waals surface area contributed by atoms with Crippen molar-refractivity contribution >= 4 is 429 Å². The molecule has 0 bridgehead atoms. The van der Waals surface area contributed by atoms with E-state index in [9.17, 15) is 5.11 Å². The van der Waals surface area contributed by atoms with Crippen LogP contribution in [0.5, 0.6) is 0 Å². The second-order valence-electron chi connectivity index (χ2n) is 10.2. The maximum absolute atomic E-state index is 10.1. The smallest absolute Gasteiger partial charge is 0.251 e. The normalized spacial score (nSPS) is 17.5. The van der Waals surface area contributed by atoms with Crippen LogP contribution in [0.25, 0.3) is 0 Å². The summed E-state index contributed by atoms with van der Waals surface area (Å²) in [6, 6.07) is 0. The molecule has 0 saturated carbocycles. The van der Waals surface area contributed by atoms with E-state index in [1.165, 1.54) is 0 Å². The van der Waals surface area contributed by atoms with Crippen LogP contribution in [0.4, 0.5) is 0 Å². The van der Waals surface area contributed by atoms with Gasteiger partial charge in [-0.05, 0) is 0 Å². The van der Waals surface area contributed by atoms with Gasteiger partial charge in [0.1, 0.15) is 0 Å². The van der Waals surface area contributed by atoms with Crippen molar-refractivity contribution in [3.63, 3.8) is 0 Å². The summed E-state index contributed by atoms with van der Waals surface area (Å²) in [4.78, 5) is 0. The van der Waals surface area contributed by atoms with E-state index in [0.29, 0.717) is 0 Å². The third-order valence-corrected chi connectivity index (χ3v) is 33.0. The van der Waals surface area contributed by atoms with Crippen molar-refractivity contribution in [1.82, 2.24) is 0 Å². The molecule has 0 heterocycles. The third-order valence-electron chi connectivity index (χ3n) is 6.65. The van der Waals surface area contributed by atoms with Crippen LogP contribution in [-0.4, -0.2) is 82.8 Å². The molecule has 0 amide bonds. The topological polar surface area (TPSA) is 20.2 Å². The van der Waals surface area contributed by atoms with Crippen LogP contribution in [0.3, 0.4) is 0 Å². The van der Waals surface area contributed by atoms with Crippen molar-refractivity contribution in [3.05, 3.63) is 0 Å². The van der Waals surface area contributed by atoms with E-state index in [4.69, 9.17) is 429 Å². The lowest BCUT2D eigenvalue weighted by atomic mass is 9.96. The summed E-state index contributed by atoms with van der Waals surface area (Å²) in [6.45, 7) is 0. The Kier molecular flexibility index (Phi) is 23.2. The van der Waals surface area contributed by atoms with Crippen molar-refractivity contribution in [3.8, 4) is 0 Å². The van der Waals surface area contributed by atoms with Crippen molar-refractivity contribution in [2.75, 3.05) is 0 Å². The van der Waals surface area contributed by atoms with Crippen LogP contribution in [0.1, 0.15) is 0 Å². The minimum absolute atomic E-state index is 2.88. The molecule has 0 atom stereocenters. The van der Waals surface area contributed by atoms with Gasteiger partial charge in [0.2, 0.25) is 12.5 Å². The van der Waals surface area contributed by atoms with Gasteiger partial charge in [0.15, 0.2) is 60.7 Å². The number of hydrogen-bond donors (Lipinski definition) is 1. The van der Waals surface area contributed by atoms with E-state index in [1.54, 1.807) is 0 Å². The van der Waals surface area contributed by atoms with Gasteiger partial charge in [0.25, 0.3) is 4.52 Å². The lowest BCUT2D eigenvalue weighted by Gasteiger charge is -2.59. The van der Waals surface area contributed by atoms with Crippen molar-refractivity contribution in [2.24, 2.45) is 0 Å². The van der Waals surface area contributed by atoms with Crippen LogP contribution in [-0.2, 0) is 0 Å². The molecule has 0 aliphatic rings. The SMILES string of the molecule is OC(Cl)(Cl)C(Cl)(Cl)C(Cl)(Cl)C(Cl)(Cl)C(Cl)(Cl)C(Cl)(Cl)C(Cl)(Cl)C(Cl)(Cl)C(Cl)(Cl)C(Cl)(Cl)C(Cl)(Cl)C(Cl)(Cl)C(Cl)(Cl)C(Cl)(Cl)C(Cl)(Cl)C(Cl)(Cl)C(Cl)(Cl)C(Cl)(Cl)Cl. The fraction of sp³-hybridized carbons (Fsp3) is 1.00. The van der Waals surface area contributed by atoms with E-state index in [-0.39, 0.29) is 0 Å². The van der Waals surface area contributed by atoms with Gasteiger partial charge in [-0.3, -0.25) is 0 Å². The van der Waals surface area contributed by atoms with E-state index in [0.717, 1.165) is 0 Å². The molecule has 0 unspecified atom stereocenters. The average molecular weight is 1540 g/mol. The summed E-state index contributed by atoms with van der Waals surface area (Å²) >= 11 is 233. The fourth-order valence-electron chi connectivity index (χ4n) is 3.13. The lowest BCUT2D eigenvalue weighted by Crippen LogP contribution is -2.76. The van der Waals surface area contributed by atoms with E-state index in [2.05, 4.69) is 0 Å². The van der Waals surface area contributed by atoms with E-state index < -0.39 is 77.6 Å². The fourth-order valence-corrected chi connectivity index (χ4v) is 15.5. The maximum atomic E-state index is 10.1. The minimum Gasteiger partial charge on any atom is -0.360 e. The molecule has 0 rings (SSSR count). The standard InChI is InChI=1S/C18HCl37O/c19-1(20,3(23,24)5(27,28)7(31,32)9(35,36)11(39,40)13(43,44)15(47,48)17(51,52)53)2(21,22)4(25,26)6(29,30)8(33,34)10(37,38)12(41,42)14(45,46)16(49,50)18(54,55)56/h56H. The van der Waals surface area contributed by atoms with Crippen molar-refractivity contribution in [2.45, 2.75) is 77.6 Å². The molecule has 56 heavy (non-hydrogen) atoms. The lowest BCUT2D eigenvalue weighted by molar-refractivity contribution is 0.181. The predicted molar refractivity (Wildman–Crippen MR) is 268 cm³/mol. The summed E-state index contributed by atoms with van der Waals surface area (Å²) < 4.78 is -63.0. The highest BCUT2D eigenvalue weighted by atomic mass is 35.6. The Morgan fingerprint density at radius 1 is 0.143 bits per heavy atom. The van der Waals surface area contributed by atoms with Gasteiger partial charge in [0, 0.05) is 0 Å². The molecule has 0 fully saturated rings. The Morgan fingerprint density at radius 2 is 0.232 bits per heavy atom. The molecule has 0 radical (unpaired) electrons. The van der Waals surface area contributed by atoms with Crippen LogP contribution in [0.2, 0.25) is 0 Å². The highest BCUT2D eigenvalue weighted by molar-refractivity contribution is 6.86.